The summed E-state index contributed by atoms with van der Waals surface area (Å²) in [5.74, 6) is 1.74. The number of methoxy groups -OCH3 is 1. The highest BCUT2D eigenvalue weighted by Crippen LogP contribution is 2.37. The van der Waals surface area contributed by atoms with Gasteiger partial charge >= 0.3 is 0 Å². The van der Waals surface area contributed by atoms with E-state index in [2.05, 4.69) is 0 Å². The van der Waals surface area contributed by atoms with Crippen LogP contribution in [0.2, 0.25) is 0 Å². The van der Waals surface area contributed by atoms with E-state index < -0.39 is 0 Å². The third-order valence-corrected chi connectivity index (χ3v) is 1.65. The standard InChI is InChI=1S/C8H8O2/c1-9-7-4-2-3-6-5-10-8(6)7/h2-4H,5H2,1H3. The molecule has 0 unspecified atom stereocenters. The minimum atomic E-state index is 0.729. The molecule has 2 heteroatoms. The first-order chi connectivity index (χ1) is 4.92. The Balaban J connectivity index is 2.51. The van der Waals surface area contributed by atoms with Gasteiger partial charge < -0.3 is 9.47 Å². The lowest BCUT2D eigenvalue weighted by Gasteiger charge is -2.21. The zero-order valence-corrected chi connectivity index (χ0v) is 5.76. The second-order valence-corrected chi connectivity index (χ2v) is 2.24. The number of rotatable bonds is 1. The van der Waals surface area contributed by atoms with Crippen molar-refractivity contribution in [2.24, 2.45) is 0 Å². The van der Waals surface area contributed by atoms with E-state index in [1.807, 2.05) is 18.2 Å². The molecule has 1 heterocycles. The van der Waals surface area contributed by atoms with Crippen molar-refractivity contribution < 1.29 is 9.47 Å². The molecule has 52 valence electrons. The largest absolute Gasteiger partial charge is 0.493 e. The van der Waals surface area contributed by atoms with Gasteiger partial charge in [-0.1, -0.05) is 12.1 Å². The molecule has 0 fully saturated rings. The van der Waals surface area contributed by atoms with Crippen LogP contribution in [0.3, 0.4) is 0 Å². The third kappa shape index (κ3) is 0.588. The summed E-state index contributed by atoms with van der Waals surface area (Å²) in [7, 11) is 1.65. The van der Waals surface area contributed by atoms with Gasteiger partial charge in [0.2, 0.25) is 0 Å². The number of hydrogen-bond acceptors (Lipinski definition) is 2. The smallest absolute Gasteiger partial charge is 0.168 e. The van der Waals surface area contributed by atoms with E-state index in [1.54, 1.807) is 7.11 Å². The minimum Gasteiger partial charge on any atom is -0.493 e. The third-order valence-electron chi connectivity index (χ3n) is 1.65. The van der Waals surface area contributed by atoms with Gasteiger partial charge in [-0.15, -0.1) is 0 Å². The second-order valence-electron chi connectivity index (χ2n) is 2.24. The summed E-state index contributed by atoms with van der Waals surface area (Å²) in [4.78, 5) is 0. The van der Waals surface area contributed by atoms with Crippen molar-refractivity contribution in [2.75, 3.05) is 7.11 Å². The van der Waals surface area contributed by atoms with E-state index in [1.165, 1.54) is 5.56 Å². The van der Waals surface area contributed by atoms with Crippen molar-refractivity contribution in [3.05, 3.63) is 23.8 Å². The SMILES string of the molecule is COc1cccc2c1OC2. The molecule has 0 aromatic heterocycles. The Hall–Kier alpha value is -1.18. The highest BCUT2D eigenvalue weighted by atomic mass is 16.5. The van der Waals surface area contributed by atoms with Gasteiger partial charge in [0.1, 0.15) is 6.61 Å². The quantitative estimate of drug-likeness (QED) is 0.583. The maximum Gasteiger partial charge on any atom is 0.168 e. The summed E-state index contributed by atoms with van der Waals surface area (Å²) in [5.41, 5.74) is 1.24. The van der Waals surface area contributed by atoms with E-state index in [9.17, 15) is 0 Å². The van der Waals surface area contributed by atoms with Gasteiger partial charge in [-0.3, -0.25) is 0 Å². The Morgan fingerprint density at radius 3 is 2.90 bits per heavy atom. The molecule has 0 saturated carbocycles. The number of fused-ring (bicyclic) bond motifs is 1. The highest BCUT2D eigenvalue weighted by molar-refractivity contribution is 5.50. The molecule has 0 atom stereocenters. The predicted molar refractivity (Wildman–Crippen MR) is 37.3 cm³/mol. The van der Waals surface area contributed by atoms with Crippen LogP contribution in [-0.2, 0) is 6.61 Å². The van der Waals surface area contributed by atoms with E-state index in [0.717, 1.165) is 18.1 Å². The first-order valence-electron chi connectivity index (χ1n) is 3.20. The van der Waals surface area contributed by atoms with Gasteiger partial charge in [-0.25, -0.2) is 0 Å². The maximum atomic E-state index is 5.17. The van der Waals surface area contributed by atoms with Crippen LogP contribution in [0, 0.1) is 0 Å². The predicted octanol–water partition coefficient (Wildman–Crippen LogP) is 1.59. The van der Waals surface area contributed by atoms with Gasteiger partial charge in [0, 0.05) is 5.56 Å². The molecule has 0 saturated heterocycles. The average Bonchev–Trinajstić information content (AvgIpc) is 1.91. The molecule has 1 aromatic rings. The van der Waals surface area contributed by atoms with Crippen LogP contribution in [0.15, 0.2) is 18.2 Å². The molecule has 0 aliphatic carbocycles. The van der Waals surface area contributed by atoms with E-state index in [0.29, 0.717) is 0 Å². The highest BCUT2D eigenvalue weighted by Gasteiger charge is 2.18. The van der Waals surface area contributed by atoms with Crippen molar-refractivity contribution >= 4 is 0 Å². The molecule has 0 N–H and O–H groups in total. The molecule has 1 aliphatic heterocycles. The van der Waals surface area contributed by atoms with Crippen molar-refractivity contribution in [2.45, 2.75) is 6.61 Å². The van der Waals surface area contributed by atoms with Crippen LogP contribution >= 0.6 is 0 Å². The molecule has 1 aliphatic rings. The van der Waals surface area contributed by atoms with Gasteiger partial charge in [-0.05, 0) is 6.07 Å². The molecule has 10 heavy (non-hydrogen) atoms. The first-order valence-corrected chi connectivity index (χ1v) is 3.20. The molecule has 0 bridgehead atoms. The van der Waals surface area contributed by atoms with Crippen LogP contribution < -0.4 is 9.47 Å². The summed E-state index contributed by atoms with van der Waals surface area (Å²) in [6, 6.07) is 5.92. The molecule has 0 amide bonds. The van der Waals surface area contributed by atoms with Gasteiger partial charge in [0.15, 0.2) is 11.5 Å². The first kappa shape index (κ1) is 5.59. The van der Waals surface area contributed by atoms with E-state index in [-0.39, 0.29) is 0 Å². The van der Waals surface area contributed by atoms with Crippen molar-refractivity contribution in [1.29, 1.82) is 0 Å². The number of ether oxygens (including phenoxy) is 2. The molecule has 2 nitrogen and oxygen atoms in total. The molecular weight excluding hydrogens is 128 g/mol. The summed E-state index contributed by atoms with van der Waals surface area (Å²) in [5, 5.41) is 0. The second kappa shape index (κ2) is 1.90. The van der Waals surface area contributed by atoms with Crippen LogP contribution in [0.5, 0.6) is 11.5 Å². The van der Waals surface area contributed by atoms with Crippen LogP contribution in [0.25, 0.3) is 0 Å². The number of benzene rings is 1. The van der Waals surface area contributed by atoms with Crippen molar-refractivity contribution in [3.63, 3.8) is 0 Å². The molecule has 1 aromatic carbocycles. The molecular formula is C8H8O2. The Bertz CT molecular complexity index is 255. The average molecular weight is 136 g/mol. The van der Waals surface area contributed by atoms with E-state index in [4.69, 9.17) is 9.47 Å². The summed E-state index contributed by atoms with van der Waals surface area (Å²) >= 11 is 0. The molecule has 2 rings (SSSR count). The Morgan fingerprint density at radius 2 is 2.40 bits per heavy atom. The summed E-state index contributed by atoms with van der Waals surface area (Å²) in [6.07, 6.45) is 0. The Kier molecular flexibility index (Phi) is 1.07. The number of para-hydroxylation sites is 1. The van der Waals surface area contributed by atoms with Crippen molar-refractivity contribution in [1.82, 2.24) is 0 Å². The summed E-state index contributed by atoms with van der Waals surface area (Å²) in [6.45, 7) is 0.729. The van der Waals surface area contributed by atoms with Gasteiger partial charge in [-0.2, -0.15) is 0 Å². The maximum absolute atomic E-state index is 5.17. The lowest BCUT2D eigenvalue weighted by Crippen LogP contribution is -2.10. The topological polar surface area (TPSA) is 18.5 Å². The molecule has 0 radical (unpaired) electrons. The number of hydrogen-bond donors (Lipinski definition) is 0. The van der Waals surface area contributed by atoms with Gasteiger partial charge in [0.25, 0.3) is 0 Å². The van der Waals surface area contributed by atoms with Gasteiger partial charge in [0.05, 0.1) is 7.11 Å². The molecule has 0 spiro atoms. The van der Waals surface area contributed by atoms with E-state index >= 15 is 0 Å². The fraction of sp³-hybridized carbons (Fsp3) is 0.250. The van der Waals surface area contributed by atoms with Crippen LogP contribution in [-0.4, -0.2) is 7.11 Å². The normalized spacial score (nSPS) is 12.9. The Morgan fingerprint density at radius 1 is 1.50 bits per heavy atom. The fourth-order valence-corrected chi connectivity index (χ4v) is 1.07. The Labute approximate surface area is 59.4 Å². The zero-order valence-electron chi connectivity index (χ0n) is 5.76. The van der Waals surface area contributed by atoms with Crippen LogP contribution in [0.1, 0.15) is 5.56 Å². The van der Waals surface area contributed by atoms with Crippen LogP contribution in [0.4, 0.5) is 0 Å². The minimum absolute atomic E-state index is 0.729. The zero-order chi connectivity index (χ0) is 6.97. The lowest BCUT2D eigenvalue weighted by atomic mass is 10.1. The monoisotopic (exact) mass is 136 g/mol. The summed E-state index contributed by atoms with van der Waals surface area (Å²) < 4.78 is 10.2. The van der Waals surface area contributed by atoms with Crippen molar-refractivity contribution in [3.8, 4) is 11.5 Å². The lowest BCUT2D eigenvalue weighted by molar-refractivity contribution is 0.226. The fourth-order valence-electron chi connectivity index (χ4n) is 1.07.